The van der Waals surface area contributed by atoms with Crippen molar-refractivity contribution in [3.8, 4) is 101 Å². The Labute approximate surface area is 682 Å². The van der Waals surface area contributed by atoms with Gasteiger partial charge in [-0.15, -0.1) is 197 Å². The minimum absolute atomic E-state index is 0. The van der Waals surface area contributed by atoms with Crippen molar-refractivity contribution in [2.75, 3.05) is 0 Å². The molecule has 0 amide bonds. The Bertz CT molecular complexity index is 4800. The first-order valence-electron chi connectivity index (χ1n) is 35.5. The van der Waals surface area contributed by atoms with Crippen LogP contribution in [0.3, 0.4) is 0 Å². The average molecular weight is 1940 g/mol. The van der Waals surface area contributed by atoms with Crippen LogP contribution in [0.25, 0.3) is 101 Å². The van der Waals surface area contributed by atoms with Crippen LogP contribution in [0.2, 0.25) is 0 Å². The zero-order valence-electron chi connectivity index (χ0n) is 63.4. The van der Waals surface area contributed by atoms with Gasteiger partial charge < -0.3 is 29.9 Å². The largest absolute Gasteiger partial charge is 0.305 e. The van der Waals surface area contributed by atoms with Gasteiger partial charge in [-0.05, 0) is 124 Å². The first kappa shape index (κ1) is 85.1. The van der Waals surface area contributed by atoms with Gasteiger partial charge in [0.25, 0.3) is 0 Å². The molecule has 9 heteroatoms. The van der Waals surface area contributed by atoms with E-state index in [9.17, 15) is 0 Å². The predicted octanol–water partition coefficient (Wildman–Crippen LogP) is 25.1. The second-order valence-electron chi connectivity index (χ2n) is 28.6. The fraction of sp³-hybridized carbons (Fsp3) is 0.152. The predicted molar refractivity (Wildman–Crippen MR) is 438 cm³/mol. The van der Waals surface area contributed by atoms with Gasteiger partial charge in [0.15, 0.2) is 0 Å². The number of nitrogens with zero attached hydrogens (tertiary/aromatic N) is 6. The van der Waals surface area contributed by atoms with Crippen LogP contribution in [0.1, 0.15) is 95.7 Å². The smallest absolute Gasteiger partial charge is 0.0163 e. The molecule has 6 nitrogen and oxygen atoms in total. The van der Waals surface area contributed by atoms with Crippen molar-refractivity contribution >= 4 is 0 Å². The first-order chi connectivity index (χ1) is 50.7. The van der Waals surface area contributed by atoms with E-state index in [1.165, 1.54) is 66.8 Å². The zero-order valence-corrected chi connectivity index (χ0v) is 70.5. The van der Waals surface area contributed by atoms with E-state index in [4.69, 9.17) is 0 Å². The number of hydrogen-bond donors (Lipinski definition) is 0. The van der Waals surface area contributed by atoms with Crippen molar-refractivity contribution in [3.63, 3.8) is 0 Å². The van der Waals surface area contributed by atoms with Gasteiger partial charge in [0.05, 0.1) is 0 Å². The third-order valence-corrected chi connectivity index (χ3v) is 17.2. The molecule has 0 atom stereocenters. The monoisotopic (exact) mass is 1940 g/mol. The van der Waals surface area contributed by atoms with Gasteiger partial charge in [0.2, 0.25) is 0 Å². The standard InChI is InChI=1S/3C22H22N.3C11H8N.3Ir/c1-16-13-14-23-21(15-16)19-7-5-17(6-8-19)18-9-11-20(12-10-18)22(2,3)4;1-16-12-13-23-21(14-16)18-10-8-17(9-11-18)19-6-5-7-20(15-19)22(2,3)4;1-16-13-14-23-21(15-16)18-11-9-17(10-12-18)19-7-5-6-8-20(19)22(2,3)4;3*1-2-6-10(7-3-1)11-8-4-5-9-12-11;;;/h5-7,9-15H,1-4H3;5-10,12-15H,1-4H3;5-11,13-15H,1-4H3;3*1-6,8-9H;;;/q6*-1;;;. The Morgan fingerprint density at radius 1 is 0.231 bits per heavy atom. The van der Waals surface area contributed by atoms with Gasteiger partial charge >= 0.3 is 0 Å². The minimum atomic E-state index is 0. The zero-order chi connectivity index (χ0) is 74.0. The molecule has 0 aliphatic heterocycles. The van der Waals surface area contributed by atoms with Crippen molar-refractivity contribution < 1.29 is 60.3 Å². The summed E-state index contributed by atoms with van der Waals surface area (Å²) in [5.41, 5.74) is 27.5. The molecule has 0 saturated carbocycles. The SMILES string of the molecule is Cc1ccnc(-c2[c-]cc(-c3ccc(C(C)(C)C)cc3)cc2)c1.Cc1ccnc(-c2[c-]cc(-c3cccc(C(C)(C)C)c3)cc2)c1.Cc1ccnc(-c2[c-]cc(-c3ccccc3C(C)(C)C)cc2)c1.[Ir].[Ir].[Ir].[c-]1ccccc1-c1ccccn1.[c-]1ccccc1-c1ccccn1.[c-]1ccccc1-c1ccccn1. The maximum absolute atomic E-state index is 4.44. The second kappa shape index (κ2) is 41.8. The molecule has 0 fully saturated rings. The van der Waals surface area contributed by atoms with Crippen molar-refractivity contribution in [2.45, 2.75) is 99.3 Å². The quantitative estimate of drug-likeness (QED) is 0.134. The summed E-state index contributed by atoms with van der Waals surface area (Å²) in [6.45, 7) is 26.4. The first-order valence-corrected chi connectivity index (χ1v) is 35.5. The van der Waals surface area contributed by atoms with Crippen molar-refractivity contribution in [1.29, 1.82) is 0 Å². The number of benzene rings is 9. The van der Waals surface area contributed by atoms with Crippen molar-refractivity contribution in [1.82, 2.24) is 29.9 Å². The molecule has 0 bridgehead atoms. The molecule has 0 aliphatic carbocycles. The molecule has 0 aliphatic rings. The van der Waals surface area contributed by atoms with E-state index in [2.05, 4.69) is 289 Å². The van der Waals surface area contributed by atoms with E-state index in [0.717, 1.165) is 67.5 Å². The Morgan fingerprint density at radius 3 is 0.907 bits per heavy atom. The van der Waals surface area contributed by atoms with Crippen LogP contribution in [0.15, 0.2) is 328 Å². The van der Waals surface area contributed by atoms with Crippen LogP contribution in [0, 0.1) is 57.2 Å². The number of hydrogen-bond acceptors (Lipinski definition) is 6. The van der Waals surface area contributed by atoms with Gasteiger partial charge in [-0.25, -0.2) is 0 Å². The Morgan fingerprint density at radius 2 is 0.574 bits per heavy atom. The minimum Gasteiger partial charge on any atom is -0.305 e. The van der Waals surface area contributed by atoms with Crippen LogP contribution in [-0.2, 0) is 76.6 Å². The number of pyridine rings is 6. The van der Waals surface area contributed by atoms with Gasteiger partial charge in [0.1, 0.15) is 0 Å². The Kier molecular flexibility index (Phi) is 32.9. The molecular weight excluding hydrogens is 1850 g/mol. The molecule has 549 valence electrons. The maximum atomic E-state index is 4.44. The fourth-order valence-electron chi connectivity index (χ4n) is 11.3. The summed E-state index contributed by atoms with van der Waals surface area (Å²) in [6.07, 6.45) is 10.9. The summed E-state index contributed by atoms with van der Waals surface area (Å²) in [7, 11) is 0. The van der Waals surface area contributed by atoms with Gasteiger partial charge in [0, 0.05) is 97.5 Å². The summed E-state index contributed by atoms with van der Waals surface area (Å²) in [6, 6.07) is 118. The summed E-state index contributed by atoms with van der Waals surface area (Å²) < 4.78 is 0. The molecule has 6 aromatic heterocycles. The van der Waals surface area contributed by atoms with Gasteiger partial charge in [-0.3, -0.25) is 0 Å². The van der Waals surface area contributed by atoms with Crippen molar-refractivity contribution in [3.05, 3.63) is 398 Å². The Hall–Kier alpha value is -10.2. The third kappa shape index (κ3) is 25.8. The molecule has 108 heavy (non-hydrogen) atoms. The summed E-state index contributed by atoms with van der Waals surface area (Å²) in [5, 5.41) is 0. The van der Waals surface area contributed by atoms with Crippen molar-refractivity contribution in [2.24, 2.45) is 0 Å². The molecular formula is C99H90Ir3N6-6. The molecule has 0 unspecified atom stereocenters. The van der Waals surface area contributed by atoms with Crippen LogP contribution in [-0.4, -0.2) is 29.9 Å². The van der Waals surface area contributed by atoms with Crippen LogP contribution in [0.5, 0.6) is 0 Å². The fourth-order valence-corrected chi connectivity index (χ4v) is 11.3. The van der Waals surface area contributed by atoms with E-state index < -0.39 is 0 Å². The van der Waals surface area contributed by atoms with E-state index in [-0.39, 0.29) is 76.6 Å². The molecule has 0 N–H and O–H groups in total. The molecule has 3 radical (unpaired) electrons. The third-order valence-electron chi connectivity index (χ3n) is 17.2. The van der Waals surface area contributed by atoms with E-state index in [1.54, 1.807) is 18.6 Å². The summed E-state index contributed by atoms with van der Waals surface area (Å²) in [4.78, 5) is 25.9. The maximum Gasteiger partial charge on any atom is 0.0163 e. The summed E-state index contributed by atoms with van der Waals surface area (Å²) >= 11 is 0. The second-order valence-corrected chi connectivity index (χ2v) is 28.6. The van der Waals surface area contributed by atoms with E-state index >= 15 is 0 Å². The van der Waals surface area contributed by atoms with E-state index in [1.807, 2.05) is 170 Å². The Balaban J connectivity index is 0.000000184. The van der Waals surface area contributed by atoms with Crippen LogP contribution >= 0.6 is 0 Å². The average Bonchev–Trinajstić information content (AvgIpc) is 0.808. The molecule has 15 rings (SSSR count). The molecule has 0 spiro atoms. The number of rotatable bonds is 9. The van der Waals surface area contributed by atoms with Gasteiger partial charge in [-0.1, -0.05) is 240 Å². The van der Waals surface area contributed by atoms with Crippen LogP contribution in [0.4, 0.5) is 0 Å². The van der Waals surface area contributed by atoms with Crippen LogP contribution < -0.4 is 0 Å². The molecule has 15 aromatic rings. The van der Waals surface area contributed by atoms with Gasteiger partial charge in [-0.2, -0.15) is 0 Å². The molecule has 6 heterocycles. The molecule has 9 aromatic carbocycles. The normalized spacial score (nSPS) is 10.6. The van der Waals surface area contributed by atoms with E-state index in [0.29, 0.717) is 0 Å². The molecule has 0 saturated heterocycles. The number of aromatic nitrogens is 6. The number of aryl methyl sites for hydroxylation is 3. The summed E-state index contributed by atoms with van der Waals surface area (Å²) in [5.74, 6) is 0. The topological polar surface area (TPSA) is 77.3 Å².